The Morgan fingerprint density at radius 2 is 2.28 bits per heavy atom. The lowest BCUT2D eigenvalue weighted by Crippen LogP contribution is -2.46. The largest absolute Gasteiger partial charge is 0.376 e. The van der Waals surface area contributed by atoms with Crippen LogP contribution in [0.4, 0.5) is 0 Å². The number of hydrogen-bond donors (Lipinski definition) is 2. The Kier molecular flexibility index (Phi) is 8.26. The van der Waals surface area contributed by atoms with Crippen LogP contribution in [-0.2, 0) is 4.74 Å². The summed E-state index contributed by atoms with van der Waals surface area (Å²) < 4.78 is 8.64. The molecule has 1 heterocycles. The van der Waals surface area contributed by atoms with E-state index >= 15 is 0 Å². The molecule has 1 aliphatic rings. The predicted molar refractivity (Wildman–Crippen MR) is 80.1 cm³/mol. The summed E-state index contributed by atoms with van der Waals surface area (Å²) in [5.41, 5.74) is 0. The zero-order valence-corrected chi connectivity index (χ0v) is 13.0. The molecule has 0 spiro atoms. The second kappa shape index (κ2) is 9.15. The van der Waals surface area contributed by atoms with E-state index in [-0.39, 0.29) is 0 Å². The number of morpholine rings is 1. The molecule has 4 nitrogen and oxygen atoms in total. The van der Waals surface area contributed by atoms with Gasteiger partial charge in [-0.3, -0.25) is 9.62 Å². The smallest absolute Gasteiger partial charge is 0.0715 e. The van der Waals surface area contributed by atoms with Crippen molar-refractivity contribution in [2.75, 3.05) is 52.9 Å². The lowest BCUT2D eigenvalue weighted by Gasteiger charge is -2.34. The van der Waals surface area contributed by atoms with Gasteiger partial charge in [-0.15, -0.1) is 0 Å². The number of hydrogen-bond acceptors (Lipinski definition) is 5. The van der Waals surface area contributed by atoms with Crippen LogP contribution in [0.2, 0.25) is 0 Å². The van der Waals surface area contributed by atoms with Gasteiger partial charge in [-0.05, 0) is 19.4 Å². The van der Waals surface area contributed by atoms with E-state index in [4.69, 9.17) is 4.74 Å². The lowest BCUT2D eigenvalue weighted by molar-refractivity contribution is -0.0327. The van der Waals surface area contributed by atoms with Crippen LogP contribution in [0, 0.1) is 5.92 Å². The van der Waals surface area contributed by atoms with Crippen molar-refractivity contribution in [1.82, 2.24) is 14.5 Å². The number of likely N-dealkylation sites (N-methyl/N-ethyl adjacent to an activating group) is 1. The van der Waals surface area contributed by atoms with Crippen molar-refractivity contribution in [2.24, 2.45) is 5.92 Å². The van der Waals surface area contributed by atoms with Crippen LogP contribution in [0.3, 0.4) is 0 Å². The van der Waals surface area contributed by atoms with Crippen LogP contribution < -0.4 is 4.72 Å². The SMILES string of the molecule is CC(C)CN(C)CCN1CCO[C@H](CCNS)C1. The van der Waals surface area contributed by atoms with Gasteiger partial charge in [-0.1, -0.05) is 26.7 Å². The molecule has 1 N–H and O–H groups in total. The maximum absolute atomic E-state index is 5.75. The Hall–Kier alpha value is 0.190. The van der Waals surface area contributed by atoms with Crippen molar-refractivity contribution in [3.05, 3.63) is 0 Å². The second-order valence-electron chi connectivity index (χ2n) is 5.65. The standard InChI is InChI=1S/C13H29N3OS/c1-12(2)10-15(3)6-7-16-8-9-17-13(11-16)4-5-14-18/h12-14,18H,4-11H2,1-3H3/t13-/m1/s1. The summed E-state index contributed by atoms with van der Waals surface area (Å²) in [6.07, 6.45) is 1.41. The average molecular weight is 275 g/mol. The van der Waals surface area contributed by atoms with Crippen molar-refractivity contribution in [3.63, 3.8) is 0 Å². The fourth-order valence-corrected chi connectivity index (χ4v) is 2.54. The number of nitrogens with zero attached hydrogens (tertiary/aromatic N) is 2. The molecular weight excluding hydrogens is 246 g/mol. The Morgan fingerprint density at radius 3 is 2.94 bits per heavy atom. The highest BCUT2D eigenvalue weighted by molar-refractivity contribution is 7.78. The maximum atomic E-state index is 5.75. The highest BCUT2D eigenvalue weighted by Crippen LogP contribution is 2.08. The molecule has 0 radical (unpaired) electrons. The van der Waals surface area contributed by atoms with E-state index in [0.29, 0.717) is 6.10 Å². The topological polar surface area (TPSA) is 27.7 Å². The minimum Gasteiger partial charge on any atom is -0.376 e. The highest BCUT2D eigenvalue weighted by atomic mass is 32.1. The average Bonchev–Trinajstić information content (AvgIpc) is 2.33. The number of rotatable bonds is 8. The van der Waals surface area contributed by atoms with Gasteiger partial charge in [-0.25, -0.2) is 0 Å². The quantitative estimate of drug-likeness (QED) is 0.649. The summed E-state index contributed by atoms with van der Waals surface area (Å²) in [5.74, 6) is 0.744. The molecule has 0 aromatic rings. The fourth-order valence-electron chi connectivity index (χ4n) is 2.41. The van der Waals surface area contributed by atoms with Gasteiger partial charge >= 0.3 is 0 Å². The van der Waals surface area contributed by atoms with E-state index in [1.54, 1.807) is 0 Å². The van der Waals surface area contributed by atoms with Gasteiger partial charge in [0.25, 0.3) is 0 Å². The van der Waals surface area contributed by atoms with E-state index in [9.17, 15) is 0 Å². The Morgan fingerprint density at radius 1 is 1.50 bits per heavy atom. The lowest BCUT2D eigenvalue weighted by atomic mass is 10.2. The first kappa shape index (κ1) is 16.2. The van der Waals surface area contributed by atoms with Gasteiger partial charge in [0.2, 0.25) is 0 Å². The molecule has 0 saturated carbocycles. The Balaban J connectivity index is 2.17. The molecule has 1 fully saturated rings. The van der Waals surface area contributed by atoms with Crippen LogP contribution >= 0.6 is 12.8 Å². The minimum atomic E-state index is 0.369. The molecule has 1 rings (SSSR count). The van der Waals surface area contributed by atoms with E-state index in [2.05, 4.69) is 48.2 Å². The molecule has 0 unspecified atom stereocenters. The fraction of sp³-hybridized carbons (Fsp3) is 1.00. The highest BCUT2D eigenvalue weighted by Gasteiger charge is 2.19. The zero-order valence-electron chi connectivity index (χ0n) is 12.1. The summed E-state index contributed by atoms with van der Waals surface area (Å²) in [6.45, 7) is 11.9. The first-order valence-corrected chi connectivity index (χ1v) is 7.46. The first-order valence-electron chi connectivity index (χ1n) is 7.01. The minimum absolute atomic E-state index is 0.369. The van der Waals surface area contributed by atoms with Gasteiger partial charge in [0.1, 0.15) is 0 Å². The van der Waals surface area contributed by atoms with Crippen molar-refractivity contribution in [1.29, 1.82) is 0 Å². The third kappa shape index (κ3) is 6.95. The molecular formula is C13H29N3OS. The summed E-state index contributed by atoms with van der Waals surface area (Å²) in [6, 6.07) is 0. The third-order valence-electron chi connectivity index (χ3n) is 3.28. The molecule has 18 heavy (non-hydrogen) atoms. The number of thiol groups is 1. The van der Waals surface area contributed by atoms with E-state index in [1.165, 1.54) is 6.54 Å². The molecule has 1 saturated heterocycles. The maximum Gasteiger partial charge on any atom is 0.0715 e. The van der Waals surface area contributed by atoms with Crippen molar-refractivity contribution in [2.45, 2.75) is 26.4 Å². The summed E-state index contributed by atoms with van der Waals surface area (Å²) >= 11 is 4.02. The molecule has 1 aliphatic heterocycles. The van der Waals surface area contributed by atoms with Crippen LogP contribution in [-0.4, -0.2) is 68.8 Å². The Bertz CT molecular complexity index is 216. The molecule has 0 aliphatic carbocycles. The molecule has 108 valence electrons. The van der Waals surface area contributed by atoms with Crippen LogP contribution in [0.15, 0.2) is 0 Å². The second-order valence-corrected chi connectivity index (χ2v) is 5.96. The van der Waals surface area contributed by atoms with Gasteiger partial charge in [0.05, 0.1) is 12.7 Å². The van der Waals surface area contributed by atoms with Crippen LogP contribution in [0.5, 0.6) is 0 Å². The molecule has 1 atom stereocenters. The number of nitrogens with one attached hydrogen (secondary N) is 1. The van der Waals surface area contributed by atoms with Crippen molar-refractivity contribution >= 4 is 12.8 Å². The zero-order chi connectivity index (χ0) is 13.4. The molecule has 0 aromatic heterocycles. The van der Waals surface area contributed by atoms with Gasteiger partial charge in [-0.2, -0.15) is 0 Å². The molecule has 5 heteroatoms. The predicted octanol–water partition coefficient (Wildman–Crippen LogP) is 1.10. The van der Waals surface area contributed by atoms with Crippen LogP contribution in [0.1, 0.15) is 20.3 Å². The van der Waals surface area contributed by atoms with Gasteiger partial charge in [0.15, 0.2) is 0 Å². The van der Waals surface area contributed by atoms with Crippen LogP contribution in [0.25, 0.3) is 0 Å². The van der Waals surface area contributed by atoms with E-state index in [1.807, 2.05) is 0 Å². The summed E-state index contributed by atoms with van der Waals surface area (Å²) in [4.78, 5) is 4.94. The third-order valence-corrected chi connectivity index (χ3v) is 3.50. The van der Waals surface area contributed by atoms with Crippen molar-refractivity contribution < 1.29 is 4.74 Å². The van der Waals surface area contributed by atoms with Crippen molar-refractivity contribution in [3.8, 4) is 0 Å². The normalized spacial score (nSPS) is 22.0. The molecule has 0 amide bonds. The summed E-state index contributed by atoms with van der Waals surface area (Å²) in [5, 5.41) is 0. The van der Waals surface area contributed by atoms with E-state index in [0.717, 1.165) is 51.7 Å². The summed E-state index contributed by atoms with van der Waals surface area (Å²) in [7, 11) is 2.21. The molecule has 0 aromatic carbocycles. The van der Waals surface area contributed by atoms with E-state index < -0.39 is 0 Å². The molecule has 0 bridgehead atoms. The van der Waals surface area contributed by atoms with Gasteiger partial charge in [0, 0.05) is 39.3 Å². The Labute approximate surface area is 118 Å². The van der Waals surface area contributed by atoms with Gasteiger partial charge < -0.3 is 9.64 Å². The number of ether oxygens (including phenoxy) is 1. The first-order chi connectivity index (χ1) is 8.61. The monoisotopic (exact) mass is 275 g/mol.